The van der Waals surface area contributed by atoms with E-state index in [1.807, 2.05) is 0 Å². The number of aryl methyl sites for hydroxylation is 1. The van der Waals surface area contributed by atoms with Crippen LogP contribution in [0.2, 0.25) is 0 Å². The Morgan fingerprint density at radius 3 is 2.65 bits per heavy atom. The molecule has 0 unspecified atom stereocenters. The van der Waals surface area contributed by atoms with E-state index in [2.05, 4.69) is 36.5 Å². The van der Waals surface area contributed by atoms with Crippen molar-refractivity contribution in [3.63, 3.8) is 0 Å². The molecule has 1 saturated heterocycles. The molecule has 0 bridgehead atoms. The number of carbonyl (C=O) groups is 2. The normalized spacial score (nSPS) is 24.2. The zero-order valence-electron chi connectivity index (χ0n) is 13.7. The lowest BCUT2D eigenvalue weighted by atomic mass is 10.0. The number of carbonyl (C=O) groups excluding carboxylic acids is 2. The Bertz CT molecular complexity index is 594. The van der Waals surface area contributed by atoms with E-state index in [1.165, 1.54) is 18.2 Å². The molecule has 2 amide bonds. The molecular weight excluding hydrogens is 292 g/mol. The number of nitrogens with one attached hydrogen (secondary N) is 1. The van der Waals surface area contributed by atoms with Crippen molar-refractivity contribution in [3.05, 3.63) is 35.4 Å². The summed E-state index contributed by atoms with van der Waals surface area (Å²) < 4.78 is 4.73. The van der Waals surface area contributed by atoms with Crippen LogP contribution in [0.5, 0.6) is 0 Å². The second-order valence-electron chi connectivity index (χ2n) is 6.60. The van der Waals surface area contributed by atoms with Crippen LogP contribution in [-0.2, 0) is 9.53 Å². The zero-order valence-corrected chi connectivity index (χ0v) is 13.7. The smallest absolute Gasteiger partial charge is 0.409 e. The average Bonchev–Trinajstić information content (AvgIpc) is 3.35. The summed E-state index contributed by atoms with van der Waals surface area (Å²) in [6, 6.07) is 8.59. The van der Waals surface area contributed by atoms with Gasteiger partial charge in [-0.3, -0.25) is 4.79 Å². The van der Waals surface area contributed by atoms with Crippen molar-refractivity contribution < 1.29 is 14.3 Å². The van der Waals surface area contributed by atoms with Crippen LogP contribution in [0.25, 0.3) is 0 Å². The molecule has 1 aliphatic heterocycles. The Morgan fingerprint density at radius 2 is 2.00 bits per heavy atom. The first-order chi connectivity index (χ1) is 11.1. The Kier molecular flexibility index (Phi) is 4.55. The number of rotatable bonds is 3. The molecule has 23 heavy (non-hydrogen) atoms. The van der Waals surface area contributed by atoms with Gasteiger partial charge in [0.1, 0.15) is 0 Å². The molecular formula is C18H24N2O3. The van der Waals surface area contributed by atoms with Crippen LogP contribution in [-0.4, -0.2) is 43.1 Å². The fourth-order valence-corrected chi connectivity index (χ4v) is 3.40. The third kappa shape index (κ3) is 3.66. The monoisotopic (exact) mass is 316 g/mol. The standard InChI is InChI=1S/C18H24N2O3/c1-12-4-3-5-13(10-12)15-11-16(15)17(21)19-14-6-8-20(9-7-14)18(22)23-2/h3-5,10,14-16H,6-9,11H2,1-2H3,(H,19,21)/t15-,16+/m0/s1. The number of methoxy groups -OCH3 is 1. The minimum Gasteiger partial charge on any atom is -0.453 e. The van der Waals surface area contributed by atoms with Crippen molar-refractivity contribution in [2.24, 2.45) is 5.92 Å². The summed E-state index contributed by atoms with van der Waals surface area (Å²) in [6.45, 7) is 3.36. The van der Waals surface area contributed by atoms with Gasteiger partial charge in [0.05, 0.1) is 7.11 Å². The number of piperidine rings is 1. The first kappa shape index (κ1) is 15.8. The predicted octanol–water partition coefficient (Wildman–Crippen LogP) is 2.45. The molecule has 3 rings (SSSR count). The molecule has 0 aromatic heterocycles. The highest BCUT2D eigenvalue weighted by molar-refractivity contribution is 5.83. The maximum absolute atomic E-state index is 12.4. The van der Waals surface area contributed by atoms with Crippen LogP contribution in [0.4, 0.5) is 4.79 Å². The van der Waals surface area contributed by atoms with Crippen LogP contribution < -0.4 is 5.32 Å². The second-order valence-corrected chi connectivity index (χ2v) is 6.60. The summed E-state index contributed by atoms with van der Waals surface area (Å²) in [5.74, 6) is 0.633. The van der Waals surface area contributed by atoms with Gasteiger partial charge in [-0.05, 0) is 37.7 Å². The number of hydrogen-bond donors (Lipinski definition) is 1. The summed E-state index contributed by atoms with van der Waals surface area (Å²) in [6.07, 6.45) is 2.25. The first-order valence-corrected chi connectivity index (χ1v) is 8.28. The summed E-state index contributed by atoms with van der Waals surface area (Å²) >= 11 is 0. The largest absolute Gasteiger partial charge is 0.453 e. The highest BCUT2D eigenvalue weighted by Gasteiger charge is 2.44. The SMILES string of the molecule is COC(=O)N1CCC(NC(=O)[C@@H]2C[C@H]2c2cccc(C)c2)CC1. The van der Waals surface area contributed by atoms with Crippen LogP contribution in [0.3, 0.4) is 0 Å². The quantitative estimate of drug-likeness (QED) is 0.932. The van der Waals surface area contributed by atoms with Gasteiger partial charge >= 0.3 is 6.09 Å². The third-order valence-corrected chi connectivity index (χ3v) is 4.87. The van der Waals surface area contributed by atoms with E-state index < -0.39 is 0 Å². The molecule has 5 nitrogen and oxygen atoms in total. The molecule has 2 atom stereocenters. The molecule has 1 aromatic carbocycles. The maximum Gasteiger partial charge on any atom is 0.409 e. The van der Waals surface area contributed by atoms with Crippen molar-refractivity contribution in [3.8, 4) is 0 Å². The fraction of sp³-hybridized carbons (Fsp3) is 0.556. The van der Waals surface area contributed by atoms with Crippen molar-refractivity contribution in [1.82, 2.24) is 10.2 Å². The molecule has 124 valence electrons. The molecule has 0 spiro atoms. The molecule has 5 heteroatoms. The molecule has 0 radical (unpaired) electrons. The van der Waals surface area contributed by atoms with Gasteiger partial charge in [-0.2, -0.15) is 0 Å². The van der Waals surface area contributed by atoms with E-state index in [-0.39, 0.29) is 24.0 Å². The van der Waals surface area contributed by atoms with Gasteiger partial charge < -0.3 is 15.0 Å². The Balaban J connectivity index is 1.47. The van der Waals surface area contributed by atoms with E-state index in [0.717, 1.165) is 19.3 Å². The van der Waals surface area contributed by atoms with Crippen LogP contribution in [0.1, 0.15) is 36.3 Å². The van der Waals surface area contributed by atoms with Crippen molar-refractivity contribution >= 4 is 12.0 Å². The van der Waals surface area contributed by atoms with Gasteiger partial charge in [-0.15, -0.1) is 0 Å². The minimum absolute atomic E-state index is 0.107. The number of ether oxygens (including phenoxy) is 1. The number of nitrogens with zero attached hydrogens (tertiary/aromatic N) is 1. The van der Waals surface area contributed by atoms with E-state index in [1.54, 1.807) is 4.90 Å². The topological polar surface area (TPSA) is 58.6 Å². The lowest BCUT2D eigenvalue weighted by molar-refractivity contribution is -0.123. The Morgan fingerprint density at radius 1 is 1.26 bits per heavy atom. The number of hydrogen-bond acceptors (Lipinski definition) is 3. The molecule has 1 aromatic rings. The van der Waals surface area contributed by atoms with Crippen LogP contribution in [0.15, 0.2) is 24.3 Å². The summed E-state index contributed by atoms with van der Waals surface area (Å²) in [7, 11) is 1.40. The number of likely N-dealkylation sites (tertiary alicyclic amines) is 1. The lowest BCUT2D eigenvalue weighted by Gasteiger charge is -2.31. The van der Waals surface area contributed by atoms with Crippen molar-refractivity contribution in [2.75, 3.05) is 20.2 Å². The van der Waals surface area contributed by atoms with Gasteiger partial charge in [-0.25, -0.2) is 4.79 Å². The third-order valence-electron chi connectivity index (χ3n) is 4.87. The van der Waals surface area contributed by atoms with Crippen LogP contribution >= 0.6 is 0 Å². The number of amides is 2. The Hall–Kier alpha value is -2.04. The minimum atomic E-state index is -0.281. The second kappa shape index (κ2) is 6.60. The van der Waals surface area contributed by atoms with Gasteiger partial charge in [0, 0.05) is 25.0 Å². The summed E-state index contributed by atoms with van der Waals surface area (Å²) in [5.41, 5.74) is 2.51. The summed E-state index contributed by atoms with van der Waals surface area (Å²) in [5, 5.41) is 3.15. The molecule has 1 heterocycles. The fourth-order valence-electron chi connectivity index (χ4n) is 3.40. The predicted molar refractivity (Wildman–Crippen MR) is 87.2 cm³/mol. The van der Waals surface area contributed by atoms with E-state index in [9.17, 15) is 9.59 Å². The van der Waals surface area contributed by atoms with E-state index in [0.29, 0.717) is 19.0 Å². The zero-order chi connectivity index (χ0) is 16.4. The highest BCUT2D eigenvalue weighted by atomic mass is 16.5. The van der Waals surface area contributed by atoms with E-state index in [4.69, 9.17) is 4.74 Å². The average molecular weight is 316 g/mol. The van der Waals surface area contributed by atoms with Gasteiger partial charge in [0.2, 0.25) is 5.91 Å². The maximum atomic E-state index is 12.4. The molecule has 1 saturated carbocycles. The van der Waals surface area contributed by atoms with Gasteiger partial charge in [0.15, 0.2) is 0 Å². The number of benzene rings is 1. The highest BCUT2D eigenvalue weighted by Crippen LogP contribution is 2.47. The molecule has 1 N–H and O–H groups in total. The Labute approximate surface area is 137 Å². The van der Waals surface area contributed by atoms with Crippen molar-refractivity contribution in [2.45, 2.75) is 38.1 Å². The van der Waals surface area contributed by atoms with Gasteiger partial charge in [0.25, 0.3) is 0 Å². The summed E-state index contributed by atoms with van der Waals surface area (Å²) in [4.78, 5) is 25.5. The van der Waals surface area contributed by atoms with Gasteiger partial charge in [-0.1, -0.05) is 29.8 Å². The van der Waals surface area contributed by atoms with Crippen molar-refractivity contribution in [1.29, 1.82) is 0 Å². The molecule has 1 aliphatic carbocycles. The first-order valence-electron chi connectivity index (χ1n) is 8.28. The van der Waals surface area contributed by atoms with Crippen LogP contribution in [0, 0.1) is 12.8 Å². The molecule has 2 fully saturated rings. The molecule has 2 aliphatic rings. The lowest BCUT2D eigenvalue weighted by Crippen LogP contribution is -2.47. The van der Waals surface area contributed by atoms with E-state index >= 15 is 0 Å².